The molecule has 31 heavy (non-hydrogen) atoms. The molecule has 1 heterocycles. The predicted octanol–water partition coefficient (Wildman–Crippen LogP) is 4.16. The van der Waals surface area contributed by atoms with Gasteiger partial charge in [0.05, 0.1) is 25.5 Å². The van der Waals surface area contributed by atoms with Crippen molar-refractivity contribution in [2.75, 3.05) is 30.6 Å². The lowest BCUT2D eigenvalue weighted by Crippen LogP contribution is -2.14. The van der Waals surface area contributed by atoms with E-state index in [1.54, 1.807) is 18.2 Å². The highest BCUT2D eigenvalue weighted by Gasteiger charge is 2.18. The van der Waals surface area contributed by atoms with Gasteiger partial charge in [0.25, 0.3) is 5.91 Å². The number of ether oxygens (including phenoxy) is 2. The number of carbonyl (C=O) groups excluding carboxylic acids is 2. The SMILES string of the molecule is COc1cccc(C(=O)Nc2nnc(SCC(=O)Nc3cc(C)ccc3C)s2)c1OC. The smallest absolute Gasteiger partial charge is 0.261 e. The van der Waals surface area contributed by atoms with Crippen LogP contribution in [-0.4, -0.2) is 42.0 Å². The molecule has 0 atom stereocenters. The molecule has 162 valence electrons. The van der Waals surface area contributed by atoms with Crippen molar-refractivity contribution >= 4 is 45.7 Å². The summed E-state index contributed by atoms with van der Waals surface area (Å²) in [4.78, 5) is 24.9. The molecule has 0 aliphatic rings. The Morgan fingerprint density at radius 1 is 1.06 bits per heavy atom. The summed E-state index contributed by atoms with van der Waals surface area (Å²) < 4.78 is 11.1. The van der Waals surface area contributed by atoms with Crippen molar-refractivity contribution in [3.8, 4) is 11.5 Å². The first-order chi connectivity index (χ1) is 14.9. The molecule has 0 radical (unpaired) electrons. The van der Waals surface area contributed by atoms with Crippen LogP contribution in [0, 0.1) is 13.8 Å². The third-order valence-corrected chi connectivity index (χ3v) is 6.24. The van der Waals surface area contributed by atoms with Gasteiger partial charge in [-0.3, -0.25) is 14.9 Å². The third kappa shape index (κ3) is 5.74. The molecule has 0 bridgehead atoms. The van der Waals surface area contributed by atoms with Crippen LogP contribution in [-0.2, 0) is 4.79 Å². The van der Waals surface area contributed by atoms with Crippen LogP contribution in [0.15, 0.2) is 40.7 Å². The van der Waals surface area contributed by atoms with Crippen molar-refractivity contribution in [2.45, 2.75) is 18.2 Å². The van der Waals surface area contributed by atoms with E-state index in [-0.39, 0.29) is 11.7 Å². The third-order valence-electron chi connectivity index (χ3n) is 4.27. The molecule has 0 unspecified atom stereocenters. The second-order valence-electron chi connectivity index (χ2n) is 6.52. The van der Waals surface area contributed by atoms with Gasteiger partial charge in [-0.25, -0.2) is 0 Å². The molecule has 10 heteroatoms. The van der Waals surface area contributed by atoms with E-state index < -0.39 is 5.91 Å². The molecule has 0 spiro atoms. The number of rotatable bonds is 8. The van der Waals surface area contributed by atoms with E-state index in [0.717, 1.165) is 16.8 Å². The van der Waals surface area contributed by atoms with Gasteiger partial charge in [-0.2, -0.15) is 0 Å². The number of benzene rings is 2. The summed E-state index contributed by atoms with van der Waals surface area (Å²) in [6.07, 6.45) is 0. The van der Waals surface area contributed by atoms with Crippen LogP contribution in [0.25, 0.3) is 0 Å². The van der Waals surface area contributed by atoms with E-state index in [1.807, 2.05) is 32.0 Å². The quantitative estimate of drug-likeness (QED) is 0.386. The highest BCUT2D eigenvalue weighted by Crippen LogP contribution is 2.32. The maximum Gasteiger partial charge on any atom is 0.261 e. The molecule has 0 aliphatic heterocycles. The number of aryl methyl sites for hydroxylation is 2. The number of nitrogens with one attached hydrogen (secondary N) is 2. The van der Waals surface area contributed by atoms with Gasteiger partial charge in [-0.05, 0) is 43.2 Å². The van der Waals surface area contributed by atoms with Crippen LogP contribution in [0.4, 0.5) is 10.8 Å². The lowest BCUT2D eigenvalue weighted by molar-refractivity contribution is -0.113. The predicted molar refractivity (Wildman–Crippen MR) is 123 cm³/mol. The minimum Gasteiger partial charge on any atom is -0.493 e. The minimum atomic E-state index is -0.392. The van der Waals surface area contributed by atoms with Crippen molar-refractivity contribution in [1.29, 1.82) is 0 Å². The molecule has 8 nitrogen and oxygen atoms in total. The molecule has 0 saturated heterocycles. The summed E-state index contributed by atoms with van der Waals surface area (Å²) >= 11 is 2.44. The number of methoxy groups -OCH3 is 2. The van der Waals surface area contributed by atoms with Gasteiger partial charge in [-0.15, -0.1) is 10.2 Å². The van der Waals surface area contributed by atoms with E-state index in [2.05, 4.69) is 20.8 Å². The first-order valence-corrected chi connectivity index (χ1v) is 11.1. The molecular weight excluding hydrogens is 436 g/mol. The van der Waals surface area contributed by atoms with E-state index >= 15 is 0 Å². The van der Waals surface area contributed by atoms with Crippen molar-refractivity contribution in [3.63, 3.8) is 0 Å². The van der Waals surface area contributed by atoms with E-state index in [4.69, 9.17) is 9.47 Å². The van der Waals surface area contributed by atoms with Gasteiger partial charge in [0.2, 0.25) is 11.0 Å². The topological polar surface area (TPSA) is 102 Å². The Morgan fingerprint density at radius 2 is 1.87 bits per heavy atom. The highest BCUT2D eigenvalue weighted by atomic mass is 32.2. The number of carbonyl (C=O) groups is 2. The van der Waals surface area contributed by atoms with Crippen LogP contribution in [0.3, 0.4) is 0 Å². The van der Waals surface area contributed by atoms with Crippen LogP contribution < -0.4 is 20.1 Å². The first-order valence-electron chi connectivity index (χ1n) is 9.27. The molecule has 0 fully saturated rings. The number of anilines is 2. The van der Waals surface area contributed by atoms with Gasteiger partial charge in [0.1, 0.15) is 0 Å². The molecule has 3 aromatic rings. The first kappa shape index (κ1) is 22.6. The van der Waals surface area contributed by atoms with Crippen molar-refractivity contribution < 1.29 is 19.1 Å². The summed E-state index contributed by atoms with van der Waals surface area (Å²) in [7, 11) is 2.97. The van der Waals surface area contributed by atoms with Crippen molar-refractivity contribution in [2.24, 2.45) is 0 Å². The maximum absolute atomic E-state index is 12.6. The molecular formula is C21H22N4O4S2. The Kier molecular flexibility index (Phi) is 7.48. The Hall–Kier alpha value is -3.11. The number of aromatic nitrogens is 2. The zero-order chi connectivity index (χ0) is 22.4. The fourth-order valence-electron chi connectivity index (χ4n) is 2.73. The number of amides is 2. The number of hydrogen-bond donors (Lipinski definition) is 2. The Balaban J connectivity index is 1.59. The Morgan fingerprint density at radius 3 is 2.61 bits per heavy atom. The lowest BCUT2D eigenvalue weighted by Gasteiger charge is -2.11. The maximum atomic E-state index is 12.6. The summed E-state index contributed by atoms with van der Waals surface area (Å²) in [5, 5.41) is 13.9. The average Bonchev–Trinajstić information content (AvgIpc) is 3.21. The van der Waals surface area contributed by atoms with Gasteiger partial charge in [0.15, 0.2) is 15.8 Å². The van der Waals surface area contributed by atoms with E-state index in [1.165, 1.54) is 37.3 Å². The molecule has 2 N–H and O–H groups in total. The molecule has 3 rings (SSSR count). The Labute approximate surface area is 188 Å². The largest absolute Gasteiger partial charge is 0.493 e. The average molecular weight is 459 g/mol. The van der Waals surface area contributed by atoms with E-state index in [9.17, 15) is 9.59 Å². The summed E-state index contributed by atoms with van der Waals surface area (Å²) in [5.74, 6) is 0.444. The number of nitrogens with zero attached hydrogens (tertiary/aromatic N) is 2. The van der Waals surface area contributed by atoms with Gasteiger partial charge >= 0.3 is 0 Å². The van der Waals surface area contributed by atoms with Crippen LogP contribution in [0.5, 0.6) is 11.5 Å². The zero-order valence-electron chi connectivity index (χ0n) is 17.5. The van der Waals surface area contributed by atoms with E-state index in [0.29, 0.717) is 26.5 Å². The number of hydrogen-bond acceptors (Lipinski definition) is 8. The fourth-order valence-corrected chi connectivity index (χ4v) is 4.28. The van der Waals surface area contributed by atoms with Gasteiger partial charge < -0.3 is 14.8 Å². The van der Waals surface area contributed by atoms with Crippen molar-refractivity contribution in [1.82, 2.24) is 10.2 Å². The molecule has 2 amide bonds. The van der Waals surface area contributed by atoms with Gasteiger partial charge in [0, 0.05) is 5.69 Å². The minimum absolute atomic E-state index is 0.138. The molecule has 0 saturated carbocycles. The molecule has 1 aromatic heterocycles. The van der Waals surface area contributed by atoms with Gasteiger partial charge in [-0.1, -0.05) is 41.3 Å². The fraction of sp³-hybridized carbons (Fsp3) is 0.238. The lowest BCUT2D eigenvalue weighted by atomic mass is 10.1. The molecule has 2 aromatic carbocycles. The zero-order valence-corrected chi connectivity index (χ0v) is 19.1. The normalized spacial score (nSPS) is 10.5. The molecule has 0 aliphatic carbocycles. The summed E-state index contributed by atoms with van der Waals surface area (Å²) in [6.45, 7) is 3.92. The number of para-hydroxylation sites is 1. The number of thioether (sulfide) groups is 1. The second-order valence-corrected chi connectivity index (χ2v) is 8.72. The standard InChI is InChI=1S/C21H22N4O4S2/c1-12-8-9-13(2)15(10-12)22-17(26)11-30-21-25-24-20(31-21)23-19(27)14-6-5-7-16(28-3)18(14)29-4/h5-10H,11H2,1-4H3,(H,22,26)(H,23,24,27). The summed E-state index contributed by atoms with van der Waals surface area (Å²) in [5.41, 5.74) is 3.19. The summed E-state index contributed by atoms with van der Waals surface area (Å²) in [6, 6.07) is 10.9. The van der Waals surface area contributed by atoms with Crippen LogP contribution >= 0.6 is 23.1 Å². The highest BCUT2D eigenvalue weighted by molar-refractivity contribution is 8.01. The monoisotopic (exact) mass is 458 g/mol. The van der Waals surface area contributed by atoms with Crippen LogP contribution in [0.1, 0.15) is 21.5 Å². The second kappa shape index (κ2) is 10.3. The Bertz CT molecular complexity index is 1100. The van der Waals surface area contributed by atoms with Crippen LogP contribution in [0.2, 0.25) is 0 Å². The van der Waals surface area contributed by atoms with Crippen molar-refractivity contribution in [3.05, 3.63) is 53.1 Å².